The van der Waals surface area contributed by atoms with E-state index in [0.717, 1.165) is 22.4 Å². The van der Waals surface area contributed by atoms with Gasteiger partial charge in [-0.1, -0.05) is 18.2 Å². The van der Waals surface area contributed by atoms with Gasteiger partial charge < -0.3 is 10.1 Å². The number of nitrogens with one attached hydrogen (secondary N) is 1. The summed E-state index contributed by atoms with van der Waals surface area (Å²) in [6.07, 6.45) is 0. The number of hydrogen-bond donors (Lipinski definition) is 1. The first-order chi connectivity index (χ1) is 12.2. The number of anilines is 2. The average molecular weight is 352 g/mol. The largest absolute Gasteiger partial charge is 0.476 e. The lowest BCUT2D eigenvalue weighted by molar-refractivity contribution is -0.133. The fourth-order valence-electron chi connectivity index (χ4n) is 3.04. The van der Waals surface area contributed by atoms with Crippen LogP contribution in [0.5, 0.6) is 5.75 Å². The first kappa shape index (κ1) is 18.0. The fraction of sp³-hybridized carbons (Fsp3) is 0.333. The third-order valence-electron chi connectivity index (χ3n) is 4.50. The number of aryl methyl sites for hydroxylation is 3. The summed E-state index contributed by atoms with van der Waals surface area (Å²) in [7, 11) is 0. The summed E-state index contributed by atoms with van der Waals surface area (Å²) in [6.45, 7) is 9.23. The second-order valence-electron chi connectivity index (χ2n) is 7.34. The van der Waals surface area contributed by atoms with Crippen molar-refractivity contribution in [2.75, 3.05) is 16.8 Å². The zero-order valence-electron chi connectivity index (χ0n) is 15.8. The van der Waals surface area contributed by atoms with Gasteiger partial charge in [0, 0.05) is 5.69 Å². The highest BCUT2D eigenvalue weighted by molar-refractivity contribution is 6.07. The molecule has 1 aliphatic heterocycles. The van der Waals surface area contributed by atoms with Gasteiger partial charge in [0.2, 0.25) is 5.91 Å². The molecule has 0 saturated carbocycles. The molecule has 0 radical (unpaired) electrons. The van der Waals surface area contributed by atoms with E-state index in [0.29, 0.717) is 11.4 Å². The number of rotatable bonds is 3. The minimum Gasteiger partial charge on any atom is -0.476 e. The maximum atomic E-state index is 12.9. The van der Waals surface area contributed by atoms with E-state index in [9.17, 15) is 9.59 Å². The second kappa shape index (κ2) is 6.48. The van der Waals surface area contributed by atoms with Gasteiger partial charge in [-0.2, -0.15) is 0 Å². The molecule has 0 saturated heterocycles. The number of benzene rings is 2. The van der Waals surface area contributed by atoms with Gasteiger partial charge in [0.15, 0.2) is 5.60 Å². The number of fused-ring (bicyclic) bond motifs is 1. The predicted octanol–water partition coefficient (Wildman–Crippen LogP) is 3.75. The number of carbonyl (C=O) groups is 2. The lowest BCUT2D eigenvalue weighted by Gasteiger charge is -2.38. The van der Waals surface area contributed by atoms with Gasteiger partial charge in [0.05, 0.1) is 5.69 Å². The van der Waals surface area contributed by atoms with Crippen LogP contribution in [0.25, 0.3) is 0 Å². The smallest absolute Gasteiger partial charge is 0.271 e. The monoisotopic (exact) mass is 352 g/mol. The van der Waals surface area contributed by atoms with E-state index in [4.69, 9.17) is 4.74 Å². The molecule has 5 heteroatoms. The SMILES string of the molecule is Cc1ccc(C)c(NC(=O)CN2C(=O)C(C)(C)Oc3ccc(C)cc32)c1. The Morgan fingerprint density at radius 1 is 1.08 bits per heavy atom. The van der Waals surface area contributed by atoms with E-state index in [2.05, 4.69) is 5.32 Å². The molecule has 0 unspecified atom stereocenters. The lowest BCUT2D eigenvalue weighted by atomic mass is 10.0. The summed E-state index contributed by atoms with van der Waals surface area (Å²) in [4.78, 5) is 27.0. The highest BCUT2D eigenvalue weighted by atomic mass is 16.5. The van der Waals surface area contributed by atoms with Crippen LogP contribution in [0.4, 0.5) is 11.4 Å². The molecule has 1 N–H and O–H groups in total. The molecule has 0 spiro atoms. The highest BCUT2D eigenvalue weighted by Crippen LogP contribution is 2.38. The Kier molecular flexibility index (Phi) is 4.48. The predicted molar refractivity (Wildman–Crippen MR) is 103 cm³/mol. The number of ether oxygens (including phenoxy) is 1. The van der Waals surface area contributed by atoms with Crippen LogP contribution in [-0.4, -0.2) is 24.0 Å². The maximum Gasteiger partial charge on any atom is 0.271 e. The molecule has 136 valence electrons. The minimum atomic E-state index is -1.01. The number of amides is 2. The molecule has 1 aliphatic rings. The van der Waals surface area contributed by atoms with E-state index in [-0.39, 0.29) is 18.4 Å². The van der Waals surface area contributed by atoms with Crippen LogP contribution in [-0.2, 0) is 9.59 Å². The van der Waals surface area contributed by atoms with E-state index >= 15 is 0 Å². The third kappa shape index (κ3) is 3.43. The van der Waals surface area contributed by atoms with Crippen LogP contribution in [0.3, 0.4) is 0 Å². The zero-order chi connectivity index (χ0) is 19.1. The topological polar surface area (TPSA) is 58.6 Å². The number of carbonyl (C=O) groups excluding carboxylic acids is 2. The molecule has 0 aromatic heterocycles. The molecule has 1 heterocycles. The average Bonchev–Trinajstić information content (AvgIpc) is 2.56. The van der Waals surface area contributed by atoms with Gasteiger partial charge in [0.1, 0.15) is 12.3 Å². The van der Waals surface area contributed by atoms with Crippen LogP contribution in [0.2, 0.25) is 0 Å². The third-order valence-corrected chi connectivity index (χ3v) is 4.50. The molecule has 2 aromatic carbocycles. The number of nitrogens with zero attached hydrogens (tertiary/aromatic N) is 1. The molecule has 2 amide bonds. The Labute approximate surface area is 154 Å². The van der Waals surface area contributed by atoms with Gasteiger partial charge in [0.25, 0.3) is 5.91 Å². The molecule has 2 aromatic rings. The maximum absolute atomic E-state index is 12.9. The van der Waals surface area contributed by atoms with E-state index in [1.54, 1.807) is 13.8 Å². The summed E-state index contributed by atoms with van der Waals surface area (Å²) in [6, 6.07) is 11.5. The van der Waals surface area contributed by atoms with Crippen molar-refractivity contribution in [1.82, 2.24) is 0 Å². The van der Waals surface area contributed by atoms with Crippen molar-refractivity contribution in [2.45, 2.75) is 40.2 Å². The van der Waals surface area contributed by atoms with Crippen LogP contribution >= 0.6 is 0 Å². The lowest BCUT2D eigenvalue weighted by Crippen LogP contribution is -2.54. The van der Waals surface area contributed by atoms with Gasteiger partial charge in [-0.05, 0) is 69.5 Å². The van der Waals surface area contributed by atoms with Crippen LogP contribution in [0.1, 0.15) is 30.5 Å². The Morgan fingerprint density at radius 2 is 1.73 bits per heavy atom. The molecule has 0 bridgehead atoms. The Balaban J connectivity index is 1.88. The van der Waals surface area contributed by atoms with Crippen molar-refractivity contribution in [1.29, 1.82) is 0 Å². The first-order valence-corrected chi connectivity index (χ1v) is 8.66. The molecule has 26 heavy (non-hydrogen) atoms. The van der Waals surface area contributed by atoms with Crippen molar-refractivity contribution in [3.05, 3.63) is 53.1 Å². The molecule has 5 nitrogen and oxygen atoms in total. The van der Waals surface area contributed by atoms with Gasteiger partial charge in [-0.25, -0.2) is 0 Å². The Hall–Kier alpha value is -2.82. The van der Waals surface area contributed by atoms with E-state index < -0.39 is 5.60 Å². The second-order valence-corrected chi connectivity index (χ2v) is 7.34. The minimum absolute atomic E-state index is 0.0601. The van der Waals surface area contributed by atoms with Crippen LogP contribution < -0.4 is 15.0 Å². The van der Waals surface area contributed by atoms with Gasteiger partial charge in [-0.15, -0.1) is 0 Å². The molecule has 3 rings (SSSR count). The van der Waals surface area contributed by atoms with Crippen molar-refractivity contribution in [3.63, 3.8) is 0 Å². The normalized spacial score (nSPS) is 15.3. The molecule has 0 fully saturated rings. The summed E-state index contributed by atoms with van der Waals surface area (Å²) in [5.74, 6) is 0.142. The quantitative estimate of drug-likeness (QED) is 0.915. The van der Waals surface area contributed by atoms with Gasteiger partial charge in [-0.3, -0.25) is 14.5 Å². The molecule has 0 aliphatic carbocycles. The Bertz CT molecular complexity index is 887. The van der Waals surface area contributed by atoms with Crippen molar-refractivity contribution >= 4 is 23.2 Å². The van der Waals surface area contributed by atoms with Crippen LogP contribution in [0, 0.1) is 20.8 Å². The van der Waals surface area contributed by atoms with E-state index in [1.807, 2.05) is 57.2 Å². The fourth-order valence-corrected chi connectivity index (χ4v) is 3.04. The summed E-state index contributed by atoms with van der Waals surface area (Å²) >= 11 is 0. The van der Waals surface area contributed by atoms with Gasteiger partial charge >= 0.3 is 0 Å². The van der Waals surface area contributed by atoms with Crippen molar-refractivity contribution in [2.24, 2.45) is 0 Å². The van der Waals surface area contributed by atoms with E-state index in [1.165, 1.54) is 4.90 Å². The van der Waals surface area contributed by atoms with Crippen LogP contribution in [0.15, 0.2) is 36.4 Å². The summed E-state index contributed by atoms with van der Waals surface area (Å²) < 4.78 is 5.83. The molecular formula is C21H24N2O3. The first-order valence-electron chi connectivity index (χ1n) is 8.66. The summed E-state index contributed by atoms with van der Waals surface area (Å²) in [5.41, 5.74) is 3.43. The standard InChI is InChI=1S/C21H24N2O3/c1-13-6-8-15(3)16(10-13)22-19(24)12-23-17-11-14(2)7-9-18(17)26-21(4,5)20(23)25/h6-11H,12H2,1-5H3,(H,22,24). The molecular weight excluding hydrogens is 328 g/mol. The Morgan fingerprint density at radius 3 is 2.46 bits per heavy atom. The number of hydrogen-bond acceptors (Lipinski definition) is 3. The van der Waals surface area contributed by atoms with Crippen molar-refractivity contribution in [3.8, 4) is 5.75 Å². The highest BCUT2D eigenvalue weighted by Gasteiger charge is 2.41. The zero-order valence-corrected chi connectivity index (χ0v) is 15.8. The summed E-state index contributed by atoms with van der Waals surface area (Å²) in [5, 5.41) is 2.92. The van der Waals surface area contributed by atoms with Crippen molar-refractivity contribution < 1.29 is 14.3 Å². The molecule has 0 atom stereocenters.